The van der Waals surface area contributed by atoms with E-state index in [1.54, 1.807) is 12.1 Å². The summed E-state index contributed by atoms with van der Waals surface area (Å²) >= 11 is 0. The number of aromatic nitrogens is 1. The van der Waals surface area contributed by atoms with Crippen LogP contribution in [0.1, 0.15) is 38.3 Å². The van der Waals surface area contributed by atoms with Crippen LogP contribution >= 0.6 is 0 Å². The highest BCUT2D eigenvalue weighted by atomic mass is 19.1. The van der Waals surface area contributed by atoms with E-state index in [-0.39, 0.29) is 37.4 Å². The highest BCUT2D eigenvalue weighted by Gasteiger charge is 2.31. The minimum atomic E-state index is -0.901. The molecule has 0 unspecified atom stereocenters. The summed E-state index contributed by atoms with van der Waals surface area (Å²) in [6.07, 6.45) is 5.23. The number of aryl methyl sites for hydroxylation is 1. The highest BCUT2D eigenvalue weighted by molar-refractivity contribution is 5.93. The molecule has 0 saturated carbocycles. The Morgan fingerprint density at radius 3 is 2.44 bits per heavy atom. The first-order valence-electron chi connectivity index (χ1n) is 14.9. The van der Waals surface area contributed by atoms with Crippen molar-refractivity contribution in [2.24, 2.45) is 5.92 Å². The van der Waals surface area contributed by atoms with Crippen LogP contribution in [-0.2, 0) is 33.8 Å². The molecule has 230 valence electrons. The third-order valence-corrected chi connectivity index (χ3v) is 7.45. The Balaban J connectivity index is 1.62. The summed E-state index contributed by atoms with van der Waals surface area (Å²) in [6.45, 7) is 6.54. The van der Waals surface area contributed by atoms with Crippen molar-refractivity contribution in [1.82, 2.24) is 25.8 Å². The van der Waals surface area contributed by atoms with Gasteiger partial charge in [0.1, 0.15) is 30.3 Å². The molecule has 0 spiro atoms. The number of ether oxygens (including phenoxy) is 1. The third kappa shape index (κ3) is 9.41. The predicted octanol–water partition coefficient (Wildman–Crippen LogP) is 2.98. The molecule has 1 aliphatic rings. The van der Waals surface area contributed by atoms with E-state index in [1.807, 2.05) is 74.1 Å². The summed E-state index contributed by atoms with van der Waals surface area (Å²) in [5, 5.41) is 12.1. The Bertz CT molecular complexity index is 1360. The van der Waals surface area contributed by atoms with E-state index < -0.39 is 35.8 Å². The average molecular weight is 592 g/mol. The molecule has 0 fully saturated rings. The molecule has 0 bridgehead atoms. The molecular formula is C33H42FN5O4. The van der Waals surface area contributed by atoms with Gasteiger partial charge in [-0.1, -0.05) is 44.2 Å². The first-order chi connectivity index (χ1) is 20.7. The van der Waals surface area contributed by atoms with Gasteiger partial charge < -0.3 is 25.3 Å². The van der Waals surface area contributed by atoms with Gasteiger partial charge in [-0.25, -0.2) is 4.39 Å². The quantitative estimate of drug-likeness (QED) is 0.365. The largest absolute Gasteiger partial charge is 0.492 e. The van der Waals surface area contributed by atoms with Gasteiger partial charge in [-0.2, -0.15) is 0 Å². The number of benzene rings is 2. The lowest BCUT2D eigenvalue weighted by Crippen LogP contribution is -2.59. The number of nitrogens with one attached hydrogen (secondary N) is 4. The molecule has 2 heterocycles. The summed E-state index contributed by atoms with van der Waals surface area (Å²) in [5.74, 6) is -1.08. The van der Waals surface area contributed by atoms with Crippen molar-refractivity contribution >= 4 is 17.7 Å². The van der Waals surface area contributed by atoms with Crippen LogP contribution < -0.4 is 26.0 Å². The second kappa shape index (κ2) is 15.3. The normalized spacial score (nSPS) is 22.8. The fourth-order valence-electron chi connectivity index (χ4n) is 5.15. The van der Waals surface area contributed by atoms with Crippen LogP contribution in [0.3, 0.4) is 0 Å². The fourth-order valence-corrected chi connectivity index (χ4v) is 5.15. The van der Waals surface area contributed by atoms with E-state index in [0.29, 0.717) is 24.9 Å². The van der Waals surface area contributed by atoms with Gasteiger partial charge in [0.15, 0.2) is 0 Å². The van der Waals surface area contributed by atoms with Crippen LogP contribution in [0.25, 0.3) is 0 Å². The number of halogens is 1. The van der Waals surface area contributed by atoms with Crippen molar-refractivity contribution in [3.8, 4) is 5.75 Å². The van der Waals surface area contributed by atoms with E-state index in [1.165, 1.54) is 12.1 Å². The number of hydrogen-bond donors (Lipinski definition) is 4. The molecule has 9 nitrogen and oxygen atoms in total. The molecule has 3 amide bonds. The zero-order chi connectivity index (χ0) is 30.8. The molecule has 4 atom stereocenters. The molecule has 3 aromatic rings. The second-order valence-corrected chi connectivity index (χ2v) is 11.4. The number of rotatable bonds is 5. The minimum Gasteiger partial charge on any atom is -0.492 e. The molecule has 0 aliphatic carbocycles. The Morgan fingerprint density at radius 1 is 0.930 bits per heavy atom. The predicted molar refractivity (Wildman–Crippen MR) is 163 cm³/mol. The first-order valence-corrected chi connectivity index (χ1v) is 14.9. The van der Waals surface area contributed by atoms with Gasteiger partial charge in [0.25, 0.3) is 0 Å². The summed E-state index contributed by atoms with van der Waals surface area (Å²) < 4.78 is 22.0. The summed E-state index contributed by atoms with van der Waals surface area (Å²) in [4.78, 5) is 40.6. The minimum absolute atomic E-state index is 0.204. The fraction of sp³-hybridized carbons (Fsp3) is 0.424. The SMILES string of the molecule is CC(C)[C@H]1NC(=O)[C@@H](Cc2cccc(F)c2)N[C@@H](C)COc2ccccc2CCCNC(=O)[C@H](Cn2cccc2)NC1=O. The van der Waals surface area contributed by atoms with Crippen LogP contribution in [0.15, 0.2) is 73.1 Å². The van der Waals surface area contributed by atoms with Crippen molar-refractivity contribution in [2.75, 3.05) is 13.2 Å². The number of fused-ring (bicyclic) bond motifs is 1. The van der Waals surface area contributed by atoms with Gasteiger partial charge in [0.05, 0.1) is 12.6 Å². The van der Waals surface area contributed by atoms with Gasteiger partial charge in [-0.15, -0.1) is 0 Å². The maximum Gasteiger partial charge on any atom is 0.244 e. The van der Waals surface area contributed by atoms with E-state index in [9.17, 15) is 18.8 Å². The number of nitrogens with zero attached hydrogens (tertiary/aromatic N) is 1. The molecular weight excluding hydrogens is 549 g/mol. The van der Waals surface area contributed by atoms with Gasteiger partial charge in [-0.3, -0.25) is 19.7 Å². The Labute approximate surface area is 252 Å². The van der Waals surface area contributed by atoms with Crippen molar-refractivity contribution in [1.29, 1.82) is 0 Å². The van der Waals surface area contributed by atoms with Crippen molar-refractivity contribution in [3.05, 3.63) is 90.0 Å². The Hall–Kier alpha value is -4.18. The van der Waals surface area contributed by atoms with Gasteiger partial charge in [0, 0.05) is 25.0 Å². The zero-order valence-corrected chi connectivity index (χ0v) is 25.0. The lowest BCUT2D eigenvalue weighted by Gasteiger charge is -2.29. The van der Waals surface area contributed by atoms with Crippen LogP contribution in [-0.4, -0.2) is 59.6 Å². The Morgan fingerprint density at radius 2 is 1.70 bits per heavy atom. The smallest absolute Gasteiger partial charge is 0.244 e. The zero-order valence-electron chi connectivity index (χ0n) is 25.0. The van der Waals surface area contributed by atoms with Crippen LogP contribution in [0.4, 0.5) is 4.39 Å². The van der Waals surface area contributed by atoms with Crippen LogP contribution in [0.5, 0.6) is 5.75 Å². The number of amides is 3. The van der Waals surface area contributed by atoms with E-state index >= 15 is 0 Å². The first kappa shape index (κ1) is 31.7. The summed E-state index contributed by atoms with van der Waals surface area (Å²) in [5.41, 5.74) is 1.65. The summed E-state index contributed by atoms with van der Waals surface area (Å²) in [6, 6.07) is 14.8. The number of hydrogen-bond acceptors (Lipinski definition) is 5. The van der Waals surface area contributed by atoms with E-state index in [2.05, 4.69) is 21.3 Å². The third-order valence-electron chi connectivity index (χ3n) is 7.45. The van der Waals surface area contributed by atoms with E-state index in [4.69, 9.17) is 4.74 Å². The topological polar surface area (TPSA) is 113 Å². The lowest BCUT2D eigenvalue weighted by atomic mass is 10.00. The van der Waals surface area contributed by atoms with Crippen molar-refractivity contribution in [2.45, 2.75) is 70.7 Å². The van der Waals surface area contributed by atoms with Gasteiger partial charge in [-0.05, 0) is 73.6 Å². The molecule has 43 heavy (non-hydrogen) atoms. The molecule has 0 radical (unpaired) electrons. The van der Waals surface area contributed by atoms with Gasteiger partial charge in [0.2, 0.25) is 17.7 Å². The molecule has 1 aromatic heterocycles. The van der Waals surface area contributed by atoms with Crippen LogP contribution in [0.2, 0.25) is 0 Å². The molecule has 2 aromatic carbocycles. The Kier molecular flexibility index (Phi) is 11.3. The molecule has 4 rings (SSSR count). The number of carbonyl (C=O) groups is 3. The maximum atomic E-state index is 14.0. The van der Waals surface area contributed by atoms with Crippen LogP contribution in [0, 0.1) is 11.7 Å². The molecule has 10 heteroatoms. The summed E-state index contributed by atoms with van der Waals surface area (Å²) in [7, 11) is 0. The molecule has 0 saturated heterocycles. The second-order valence-electron chi connectivity index (χ2n) is 11.4. The number of carbonyl (C=O) groups excluding carboxylic acids is 3. The average Bonchev–Trinajstić information content (AvgIpc) is 3.49. The standard InChI is InChI=1S/C33H42FN5O4/c1-22(2)30-33(42)37-28(20-39-16-6-7-17-39)31(40)35-15-9-12-25-11-4-5-14-29(25)43-21-23(3)36-27(32(41)38-30)19-24-10-8-13-26(34)18-24/h4-8,10-11,13-14,16-18,22-23,27-28,30,36H,9,12,15,19-21H2,1-3H3,(H,35,40)(H,37,42)(H,38,41)/t23-,27+,28-,30+/m0/s1. The van der Waals surface area contributed by atoms with Gasteiger partial charge >= 0.3 is 0 Å². The molecule has 1 aliphatic heterocycles. The van der Waals surface area contributed by atoms with Crippen molar-refractivity contribution < 1.29 is 23.5 Å². The highest BCUT2D eigenvalue weighted by Crippen LogP contribution is 2.20. The lowest BCUT2D eigenvalue weighted by molar-refractivity contribution is -0.133. The molecule has 4 N–H and O–H groups in total. The van der Waals surface area contributed by atoms with E-state index in [0.717, 1.165) is 11.3 Å². The number of para-hydroxylation sites is 1. The monoisotopic (exact) mass is 591 g/mol. The maximum absolute atomic E-state index is 14.0. The van der Waals surface area contributed by atoms with Crippen molar-refractivity contribution in [3.63, 3.8) is 0 Å².